The first-order chi connectivity index (χ1) is 6.99. The molecule has 0 bridgehead atoms. The van der Waals surface area contributed by atoms with Gasteiger partial charge in [0.1, 0.15) is 0 Å². The van der Waals surface area contributed by atoms with E-state index in [0.717, 1.165) is 0 Å². The van der Waals surface area contributed by atoms with Crippen molar-refractivity contribution in [3.8, 4) is 0 Å². The van der Waals surface area contributed by atoms with E-state index in [4.69, 9.17) is 4.55 Å². The summed E-state index contributed by atoms with van der Waals surface area (Å²) in [5, 5.41) is -4.47. The fourth-order valence-electron chi connectivity index (χ4n) is 0.633. The molecular weight excluding hydrogens is 246 g/mol. The maximum absolute atomic E-state index is 12.6. The van der Waals surface area contributed by atoms with Crippen molar-refractivity contribution in [3.63, 3.8) is 0 Å². The molecule has 0 aromatic heterocycles. The molecule has 1 unspecified atom stereocenters. The van der Waals surface area contributed by atoms with Crippen LogP contribution in [0.3, 0.4) is 0 Å². The number of carbonyl (C=O) groups excluding carboxylic acids is 1. The van der Waals surface area contributed by atoms with Crippen LogP contribution in [-0.2, 0) is 19.6 Å². The van der Waals surface area contributed by atoms with Crippen LogP contribution in [-0.4, -0.2) is 30.8 Å². The predicted octanol–water partition coefficient (Wildman–Crippen LogP) is 1.30. The van der Waals surface area contributed by atoms with Gasteiger partial charge in [-0.1, -0.05) is 20.8 Å². The van der Waals surface area contributed by atoms with Crippen LogP contribution in [0, 0.1) is 11.8 Å². The van der Waals surface area contributed by atoms with E-state index < -0.39 is 33.9 Å². The number of halogens is 2. The molecule has 1 N–H and O–H groups in total. The van der Waals surface area contributed by atoms with Crippen LogP contribution in [0.15, 0.2) is 0 Å². The Bertz CT molecular complexity index is 349. The van der Waals surface area contributed by atoms with Gasteiger partial charge in [0.25, 0.3) is 0 Å². The minimum atomic E-state index is -5.55. The van der Waals surface area contributed by atoms with Gasteiger partial charge in [0.2, 0.25) is 0 Å². The van der Waals surface area contributed by atoms with Crippen LogP contribution in [0.5, 0.6) is 0 Å². The average molecular weight is 260 g/mol. The standard InChI is InChI=1S/C8H14F2O5S/c1-5(2)6(3)7(11)15-4-8(9,10)16(12,13)14/h5-6H,4H2,1-3H3,(H,12,13,14). The van der Waals surface area contributed by atoms with Crippen molar-refractivity contribution in [2.75, 3.05) is 6.61 Å². The lowest BCUT2D eigenvalue weighted by molar-refractivity contribution is -0.155. The number of carbonyl (C=O) groups is 1. The third-order valence-electron chi connectivity index (χ3n) is 2.13. The van der Waals surface area contributed by atoms with Crippen LogP contribution >= 0.6 is 0 Å². The molecule has 0 saturated carbocycles. The van der Waals surface area contributed by atoms with Gasteiger partial charge < -0.3 is 4.74 Å². The molecule has 0 aromatic carbocycles. The van der Waals surface area contributed by atoms with E-state index in [9.17, 15) is 22.0 Å². The zero-order valence-corrected chi connectivity index (χ0v) is 9.92. The minimum absolute atomic E-state index is 0.119. The van der Waals surface area contributed by atoms with Crippen molar-refractivity contribution < 1.29 is 31.3 Å². The zero-order chi connectivity index (χ0) is 13.1. The normalized spacial score (nSPS) is 14.9. The Morgan fingerprint density at radius 3 is 2.12 bits per heavy atom. The number of ether oxygens (including phenoxy) is 1. The Morgan fingerprint density at radius 1 is 1.38 bits per heavy atom. The highest BCUT2D eigenvalue weighted by Gasteiger charge is 2.45. The summed E-state index contributed by atoms with van der Waals surface area (Å²) in [5.74, 6) is -1.68. The van der Waals surface area contributed by atoms with Crippen molar-refractivity contribution in [3.05, 3.63) is 0 Å². The summed E-state index contributed by atoms with van der Waals surface area (Å²) < 4.78 is 57.9. The van der Waals surface area contributed by atoms with E-state index in [2.05, 4.69) is 4.74 Å². The van der Waals surface area contributed by atoms with Gasteiger partial charge in [-0.05, 0) is 5.92 Å². The molecule has 8 heteroatoms. The largest absolute Gasteiger partial charge is 0.458 e. The van der Waals surface area contributed by atoms with Crippen LogP contribution < -0.4 is 0 Å². The van der Waals surface area contributed by atoms with Crippen LogP contribution in [0.4, 0.5) is 8.78 Å². The first-order valence-corrected chi connectivity index (χ1v) is 5.94. The molecular formula is C8H14F2O5S. The lowest BCUT2D eigenvalue weighted by Gasteiger charge is -2.17. The summed E-state index contributed by atoms with van der Waals surface area (Å²) in [7, 11) is -5.55. The van der Waals surface area contributed by atoms with Gasteiger partial charge in [0.05, 0.1) is 5.92 Å². The van der Waals surface area contributed by atoms with E-state index in [1.807, 2.05) is 0 Å². The highest BCUT2D eigenvalue weighted by atomic mass is 32.2. The minimum Gasteiger partial charge on any atom is -0.458 e. The first kappa shape index (κ1) is 15.2. The molecule has 0 aromatic rings. The highest BCUT2D eigenvalue weighted by molar-refractivity contribution is 7.86. The van der Waals surface area contributed by atoms with E-state index in [0.29, 0.717) is 0 Å². The topological polar surface area (TPSA) is 80.7 Å². The van der Waals surface area contributed by atoms with E-state index in [1.54, 1.807) is 13.8 Å². The molecule has 0 aliphatic heterocycles. The van der Waals surface area contributed by atoms with Crippen LogP contribution in [0.2, 0.25) is 0 Å². The van der Waals surface area contributed by atoms with Crippen LogP contribution in [0.1, 0.15) is 20.8 Å². The Balaban J connectivity index is 4.43. The van der Waals surface area contributed by atoms with Gasteiger partial charge in [0.15, 0.2) is 6.61 Å². The Hall–Kier alpha value is -0.760. The maximum Gasteiger partial charge on any atom is 0.402 e. The first-order valence-electron chi connectivity index (χ1n) is 4.50. The molecule has 0 saturated heterocycles. The Labute approximate surface area is 92.5 Å². The fourth-order valence-corrected chi connectivity index (χ4v) is 0.841. The third-order valence-corrected chi connectivity index (χ3v) is 3.00. The number of hydrogen-bond donors (Lipinski definition) is 1. The van der Waals surface area contributed by atoms with Gasteiger partial charge in [-0.15, -0.1) is 0 Å². The van der Waals surface area contributed by atoms with Gasteiger partial charge in [-0.3, -0.25) is 9.35 Å². The van der Waals surface area contributed by atoms with E-state index >= 15 is 0 Å². The molecule has 0 aliphatic carbocycles. The van der Waals surface area contributed by atoms with Crippen molar-refractivity contribution >= 4 is 16.1 Å². The summed E-state index contributed by atoms with van der Waals surface area (Å²) in [6.07, 6.45) is 0. The number of esters is 1. The SMILES string of the molecule is CC(C)C(C)C(=O)OCC(F)(F)S(=O)(=O)O. The molecule has 0 heterocycles. The molecule has 0 radical (unpaired) electrons. The molecule has 0 amide bonds. The van der Waals surface area contributed by atoms with Crippen molar-refractivity contribution in [2.45, 2.75) is 26.0 Å². The van der Waals surface area contributed by atoms with Crippen molar-refractivity contribution in [1.82, 2.24) is 0 Å². The number of alkyl halides is 2. The monoisotopic (exact) mass is 260 g/mol. The number of rotatable bonds is 5. The fraction of sp³-hybridized carbons (Fsp3) is 0.875. The lowest BCUT2D eigenvalue weighted by Crippen LogP contribution is -2.35. The molecule has 96 valence electrons. The zero-order valence-electron chi connectivity index (χ0n) is 9.11. The van der Waals surface area contributed by atoms with Gasteiger partial charge >= 0.3 is 21.3 Å². The predicted molar refractivity (Wildman–Crippen MR) is 51.5 cm³/mol. The molecule has 0 spiro atoms. The van der Waals surface area contributed by atoms with Crippen molar-refractivity contribution in [2.24, 2.45) is 11.8 Å². The van der Waals surface area contributed by atoms with Gasteiger partial charge in [-0.25, -0.2) is 0 Å². The molecule has 0 fully saturated rings. The Morgan fingerprint density at radius 2 is 1.81 bits per heavy atom. The van der Waals surface area contributed by atoms with Crippen molar-refractivity contribution in [1.29, 1.82) is 0 Å². The van der Waals surface area contributed by atoms with Gasteiger partial charge in [-0.2, -0.15) is 17.2 Å². The molecule has 16 heavy (non-hydrogen) atoms. The third kappa shape index (κ3) is 4.01. The average Bonchev–Trinajstić information content (AvgIpc) is 2.11. The second kappa shape index (κ2) is 5.05. The van der Waals surface area contributed by atoms with Crippen LogP contribution in [0.25, 0.3) is 0 Å². The molecule has 5 nitrogen and oxygen atoms in total. The second-order valence-electron chi connectivity index (χ2n) is 3.75. The van der Waals surface area contributed by atoms with E-state index in [-0.39, 0.29) is 5.92 Å². The van der Waals surface area contributed by atoms with E-state index in [1.165, 1.54) is 6.92 Å². The quantitative estimate of drug-likeness (QED) is 0.595. The van der Waals surface area contributed by atoms with Gasteiger partial charge in [0, 0.05) is 0 Å². The summed E-state index contributed by atoms with van der Waals surface area (Å²) >= 11 is 0. The summed E-state index contributed by atoms with van der Waals surface area (Å²) in [4.78, 5) is 11.1. The molecule has 0 rings (SSSR count). The number of hydrogen-bond acceptors (Lipinski definition) is 4. The second-order valence-corrected chi connectivity index (χ2v) is 5.30. The highest BCUT2D eigenvalue weighted by Crippen LogP contribution is 2.21. The summed E-state index contributed by atoms with van der Waals surface area (Å²) in [6, 6.07) is 0. The smallest absolute Gasteiger partial charge is 0.402 e. The maximum atomic E-state index is 12.6. The Kier molecular flexibility index (Phi) is 4.81. The lowest BCUT2D eigenvalue weighted by atomic mass is 9.99. The molecule has 0 aliphatic rings. The molecule has 1 atom stereocenters. The summed E-state index contributed by atoms with van der Waals surface area (Å²) in [6.45, 7) is 3.17. The summed E-state index contributed by atoms with van der Waals surface area (Å²) in [5.41, 5.74) is 0.